The van der Waals surface area contributed by atoms with E-state index in [2.05, 4.69) is 23.7 Å². The Balaban J connectivity index is 2.60. The van der Waals surface area contributed by atoms with Crippen molar-refractivity contribution in [3.8, 4) is 0 Å². The van der Waals surface area contributed by atoms with Crippen LogP contribution in [0.5, 0.6) is 0 Å². The fourth-order valence-corrected chi connectivity index (χ4v) is 2.02. The van der Waals surface area contributed by atoms with Gasteiger partial charge in [-0.3, -0.25) is 4.99 Å². The normalized spacial score (nSPS) is 26.8. The van der Waals surface area contributed by atoms with E-state index in [1.165, 1.54) is 0 Å². The van der Waals surface area contributed by atoms with Gasteiger partial charge in [0.1, 0.15) is 0 Å². The second-order valence-corrected chi connectivity index (χ2v) is 4.07. The average Bonchev–Trinajstić information content (AvgIpc) is 2.41. The molecule has 2 N–H and O–H groups in total. The SMILES string of the molecule is CCCC1(C)CN=C(N)N1CCOC. The molecular weight excluding hydrogens is 178 g/mol. The first-order chi connectivity index (χ1) is 6.64. The topological polar surface area (TPSA) is 50.8 Å². The van der Waals surface area contributed by atoms with Crippen LogP contribution in [-0.2, 0) is 4.74 Å². The summed E-state index contributed by atoms with van der Waals surface area (Å²) < 4.78 is 5.07. The standard InChI is InChI=1S/C10H21N3O/c1-4-5-10(2)8-12-9(11)13(10)6-7-14-3/h4-8H2,1-3H3,(H2,11,12). The van der Waals surface area contributed by atoms with Crippen molar-refractivity contribution in [3.63, 3.8) is 0 Å². The van der Waals surface area contributed by atoms with Crippen LogP contribution >= 0.6 is 0 Å². The van der Waals surface area contributed by atoms with E-state index in [1.54, 1.807) is 7.11 Å². The third kappa shape index (κ3) is 2.18. The Morgan fingerprint density at radius 1 is 1.64 bits per heavy atom. The molecule has 4 heteroatoms. The fourth-order valence-electron chi connectivity index (χ4n) is 2.02. The van der Waals surface area contributed by atoms with Gasteiger partial charge in [0.05, 0.1) is 18.7 Å². The van der Waals surface area contributed by atoms with Crippen molar-refractivity contribution in [2.75, 3.05) is 26.8 Å². The zero-order valence-corrected chi connectivity index (χ0v) is 9.42. The van der Waals surface area contributed by atoms with E-state index in [0.717, 1.165) is 25.9 Å². The smallest absolute Gasteiger partial charge is 0.191 e. The summed E-state index contributed by atoms with van der Waals surface area (Å²) >= 11 is 0. The summed E-state index contributed by atoms with van der Waals surface area (Å²) in [6.07, 6.45) is 2.28. The zero-order valence-electron chi connectivity index (χ0n) is 9.42. The van der Waals surface area contributed by atoms with E-state index < -0.39 is 0 Å². The summed E-state index contributed by atoms with van der Waals surface area (Å²) in [5.41, 5.74) is 5.95. The van der Waals surface area contributed by atoms with E-state index in [0.29, 0.717) is 12.6 Å². The third-order valence-electron chi connectivity index (χ3n) is 2.82. The van der Waals surface area contributed by atoms with Crippen molar-refractivity contribution in [2.45, 2.75) is 32.2 Å². The van der Waals surface area contributed by atoms with Gasteiger partial charge in [0.2, 0.25) is 0 Å². The molecule has 0 aliphatic carbocycles. The van der Waals surface area contributed by atoms with Gasteiger partial charge < -0.3 is 15.4 Å². The summed E-state index contributed by atoms with van der Waals surface area (Å²) in [6.45, 7) is 6.76. The predicted molar refractivity (Wildman–Crippen MR) is 58.4 cm³/mol. The molecule has 1 rings (SSSR count). The first-order valence-corrected chi connectivity index (χ1v) is 5.20. The average molecular weight is 199 g/mol. The molecule has 0 fully saturated rings. The van der Waals surface area contributed by atoms with Crippen molar-refractivity contribution < 1.29 is 4.74 Å². The van der Waals surface area contributed by atoms with Gasteiger partial charge >= 0.3 is 0 Å². The Bertz CT molecular complexity index is 217. The third-order valence-corrected chi connectivity index (χ3v) is 2.82. The number of nitrogens with two attached hydrogens (primary N) is 1. The first kappa shape index (κ1) is 11.3. The summed E-state index contributed by atoms with van der Waals surface area (Å²) in [5, 5.41) is 0. The number of hydrogen-bond acceptors (Lipinski definition) is 4. The maximum absolute atomic E-state index is 5.85. The van der Waals surface area contributed by atoms with E-state index >= 15 is 0 Å². The number of nitrogens with zero attached hydrogens (tertiary/aromatic N) is 2. The van der Waals surface area contributed by atoms with Crippen molar-refractivity contribution in [1.29, 1.82) is 0 Å². The van der Waals surface area contributed by atoms with E-state index in [-0.39, 0.29) is 5.54 Å². The van der Waals surface area contributed by atoms with Crippen LogP contribution in [0.1, 0.15) is 26.7 Å². The predicted octanol–water partition coefficient (Wildman–Crippen LogP) is 0.822. The highest BCUT2D eigenvalue weighted by molar-refractivity contribution is 5.80. The molecule has 0 amide bonds. The van der Waals surface area contributed by atoms with Gasteiger partial charge in [-0.1, -0.05) is 13.3 Å². The molecule has 0 bridgehead atoms. The lowest BCUT2D eigenvalue weighted by atomic mass is 9.95. The molecule has 1 heterocycles. The lowest BCUT2D eigenvalue weighted by Crippen LogP contribution is -2.50. The number of methoxy groups -OCH3 is 1. The van der Waals surface area contributed by atoms with Gasteiger partial charge in [0.15, 0.2) is 5.96 Å². The van der Waals surface area contributed by atoms with Crippen LogP contribution < -0.4 is 5.73 Å². The highest BCUT2D eigenvalue weighted by atomic mass is 16.5. The molecule has 0 aromatic carbocycles. The molecule has 0 saturated heterocycles. The monoisotopic (exact) mass is 199 g/mol. The van der Waals surface area contributed by atoms with Crippen LogP contribution in [0.3, 0.4) is 0 Å². The lowest BCUT2D eigenvalue weighted by molar-refractivity contribution is 0.132. The molecule has 82 valence electrons. The van der Waals surface area contributed by atoms with Crippen molar-refractivity contribution in [2.24, 2.45) is 10.7 Å². The van der Waals surface area contributed by atoms with Gasteiger partial charge in [0.25, 0.3) is 0 Å². The highest BCUT2D eigenvalue weighted by Gasteiger charge is 2.36. The Morgan fingerprint density at radius 2 is 2.36 bits per heavy atom. The van der Waals surface area contributed by atoms with Crippen LogP contribution in [0.4, 0.5) is 0 Å². The van der Waals surface area contributed by atoms with Crippen molar-refractivity contribution >= 4 is 5.96 Å². The molecule has 1 atom stereocenters. The fraction of sp³-hybridized carbons (Fsp3) is 0.900. The molecule has 0 spiro atoms. The summed E-state index contributed by atoms with van der Waals surface area (Å²) in [7, 11) is 1.71. The molecule has 1 unspecified atom stereocenters. The minimum absolute atomic E-state index is 0.108. The number of rotatable bonds is 5. The number of guanidine groups is 1. The maximum Gasteiger partial charge on any atom is 0.191 e. The van der Waals surface area contributed by atoms with Crippen LogP contribution in [0.25, 0.3) is 0 Å². The summed E-state index contributed by atoms with van der Waals surface area (Å²) in [5.74, 6) is 0.665. The van der Waals surface area contributed by atoms with Gasteiger partial charge in [-0.25, -0.2) is 0 Å². The summed E-state index contributed by atoms with van der Waals surface area (Å²) in [6, 6.07) is 0. The first-order valence-electron chi connectivity index (χ1n) is 5.20. The molecular formula is C10H21N3O. The summed E-state index contributed by atoms with van der Waals surface area (Å²) in [4.78, 5) is 6.47. The van der Waals surface area contributed by atoms with Gasteiger partial charge in [0, 0.05) is 13.7 Å². The molecule has 1 aliphatic heterocycles. The second kappa shape index (κ2) is 4.64. The molecule has 4 nitrogen and oxygen atoms in total. The highest BCUT2D eigenvalue weighted by Crippen LogP contribution is 2.25. The van der Waals surface area contributed by atoms with Crippen LogP contribution in [0, 0.1) is 0 Å². The van der Waals surface area contributed by atoms with Crippen molar-refractivity contribution in [1.82, 2.24) is 4.90 Å². The van der Waals surface area contributed by atoms with E-state index in [4.69, 9.17) is 10.5 Å². The van der Waals surface area contributed by atoms with Gasteiger partial charge in [-0.05, 0) is 13.3 Å². The quantitative estimate of drug-likeness (QED) is 0.713. The van der Waals surface area contributed by atoms with Crippen LogP contribution in [0.15, 0.2) is 4.99 Å². The van der Waals surface area contributed by atoms with Crippen LogP contribution in [0.2, 0.25) is 0 Å². The second-order valence-electron chi connectivity index (χ2n) is 4.07. The Morgan fingerprint density at radius 3 is 2.93 bits per heavy atom. The Labute approximate surface area is 86.1 Å². The molecule has 0 saturated carbocycles. The molecule has 14 heavy (non-hydrogen) atoms. The molecule has 0 radical (unpaired) electrons. The van der Waals surface area contributed by atoms with Gasteiger partial charge in [-0.15, -0.1) is 0 Å². The minimum Gasteiger partial charge on any atom is -0.383 e. The van der Waals surface area contributed by atoms with E-state index in [9.17, 15) is 0 Å². The number of ether oxygens (including phenoxy) is 1. The molecule has 0 aromatic heterocycles. The largest absolute Gasteiger partial charge is 0.383 e. The molecule has 0 aromatic rings. The number of hydrogen-bond donors (Lipinski definition) is 1. The van der Waals surface area contributed by atoms with Crippen molar-refractivity contribution in [3.05, 3.63) is 0 Å². The number of aliphatic imine (C=N–C) groups is 1. The minimum atomic E-state index is 0.108. The maximum atomic E-state index is 5.85. The Hall–Kier alpha value is -0.770. The van der Waals surface area contributed by atoms with Crippen LogP contribution in [-0.4, -0.2) is 43.2 Å². The lowest BCUT2D eigenvalue weighted by Gasteiger charge is -2.35. The van der Waals surface area contributed by atoms with Gasteiger partial charge in [-0.2, -0.15) is 0 Å². The Kier molecular flexibility index (Phi) is 3.75. The molecule has 1 aliphatic rings. The van der Waals surface area contributed by atoms with E-state index in [1.807, 2.05) is 0 Å². The zero-order chi connectivity index (χ0) is 10.6.